The highest BCUT2D eigenvalue weighted by Crippen LogP contribution is 2.50. The number of alkyl halides is 2. The Labute approximate surface area is 263 Å². The lowest BCUT2D eigenvalue weighted by atomic mass is 9.85. The number of carbonyl (C=O) groups is 3. The van der Waals surface area contributed by atoms with Crippen molar-refractivity contribution >= 4 is 28.7 Å². The number of methoxy groups -OCH3 is 1. The van der Waals surface area contributed by atoms with Crippen LogP contribution in [0.2, 0.25) is 0 Å². The number of nitrogens with zero attached hydrogens (tertiary/aromatic N) is 2. The number of alkyl carbamates (subject to hydrolysis) is 1. The van der Waals surface area contributed by atoms with Crippen LogP contribution in [0, 0.1) is 17.3 Å². The Morgan fingerprint density at radius 2 is 1.93 bits per heavy atom. The molecule has 6 atom stereocenters. The SMILES string of the molecule is CC[C@@H]1[C@@H]2CN(C(=O)[C@H](C(C)(C)C)NC(=O)O[C@]3(C)C[C@H]3CCCCC(F)(F)c3nc4ccc(OC)cc4cc3O2)[C@@H]1C(C)=O. The zero-order valence-corrected chi connectivity index (χ0v) is 27.2. The number of carbonyl (C=O) groups excluding carboxylic acids is 3. The fourth-order valence-corrected chi connectivity index (χ4v) is 7.01. The first-order valence-electron chi connectivity index (χ1n) is 15.9. The number of ether oxygens (including phenoxy) is 3. The van der Waals surface area contributed by atoms with Gasteiger partial charge < -0.3 is 24.4 Å². The van der Waals surface area contributed by atoms with Gasteiger partial charge in [0.1, 0.15) is 29.2 Å². The lowest BCUT2D eigenvalue weighted by molar-refractivity contribution is -0.141. The first kappa shape index (κ1) is 32.9. The molecule has 1 aromatic heterocycles. The Hall–Kier alpha value is -3.50. The summed E-state index contributed by atoms with van der Waals surface area (Å²) in [6.45, 7) is 10.6. The molecule has 45 heavy (non-hydrogen) atoms. The number of ketones is 1. The Morgan fingerprint density at radius 3 is 2.58 bits per heavy atom. The number of hydrogen-bond acceptors (Lipinski definition) is 7. The van der Waals surface area contributed by atoms with Gasteiger partial charge in [-0.1, -0.05) is 34.1 Å². The van der Waals surface area contributed by atoms with Gasteiger partial charge >= 0.3 is 6.09 Å². The quantitative estimate of drug-likeness (QED) is 0.419. The summed E-state index contributed by atoms with van der Waals surface area (Å²) in [7, 11) is 1.52. The van der Waals surface area contributed by atoms with E-state index in [9.17, 15) is 14.4 Å². The van der Waals surface area contributed by atoms with Crippen molar-refractivity contribution < 1.29 is 37.4 Å². The normalized spacial score (nSPS) is 30.6. The van der Waals surface area contributed by atoms with E-state index in [2.05, 4.69) is 10.3 Å². The molecular formula is C34H45F2N3O6. The predicted octanol–water partition coefficient (Wildman–Crippen LogP) is 6.40. The minimum Gasteiger partial charge on any atom is -0.497 e. The molecule has 1 N–H and O–H groups in total. The van der Waals surface area contributed by atoms with E-state index in [1.165, 1.54) is 18.9 Å². The van der Waals surface area contributed by atoms with Crippen molar-refractivity contribution in [1.82, 2.24) is 15.2 Å². The fourth-order valence-electron chi connectivity index (χ4n) is 7.01. The molecule has 11 heteroatoms. The van der Waals surface area contributed by atoms with Gasteiger partial charge in [0.2, 0.25) is 5.91 Å². The van der Waals surface area contributed by atoms with Crippen LogP contribution in [0.3, 0.4) is 0 Å². The van der Waals surface area contributed by atoms with Crippen molar-refractivity contribution in [3.63, 3.8) is 0 Å². The average Bonchev–Trinajstić information content (AvgIpc) is 3.44. The Bertz CT molecular complexity index is 1480. The van der Waals surface area contributed by atoms with Gasteiger partial charge in [0.15, 0.2) is 11.5 Å². The standard InChI is InChI=1S/C34H45F2N3O6/c1-8-23-26-18-39(27(23)19(2)40)30(41)29(32(3,4)5)38-31(42)45-33(6)17-21(33)11-9-10-14-34(35,36)28-25(44-26)16-20-15-22(43-7)12-13-24(20)37-28/h12-13,15-16,21,23,26-27,29H,8-11,14,17-18H2,1-7H3,(H,38,42)/t21-,23-,26+,27-,29-,33-/m1/s1. The average molecular weight is 630 g/mol. The number of pyridine rings is 1. The lowest BCUT2D eigenvalue weighted by Crippen LogP contribution is -2.57. The van der Waals surface area contributed by atoms with E-state index in [0.29, 0.717) is 42.3 Å². The molecule has 2 bridgehead atoms. The summed E-state index contributed by atoms with van der Waals surface area (Å²) in [4.78, 5) is 46.3. The van der Waals surface area contributed by atoms with Gasteiger partial charge in [-0.15, -0.1) is 0 Å². The van der Waals surface area contributed by atoms with Crippen LogP contribution in [0.1, 0.15) is 85.8 Å². The number of fused-ring (bicyclic) bond motifs is 5. The highest BCUT2D eigenvalue weighted by Gasteiger charge is 2.55. The molecule has 3 aliphatic rings. The Balaban J connectivity index is 1.60. The number of rotatable bonds is 3. The number of hydrogen-bond donors (Lipinski definition) is 1. The molecule has 2 aliphatic heterocycles. The third-order valence-electron chi connectivity index (χ3n) is 9.73. The molecule has 0 unspecified atom stereocenters. The van der Waals surface area contributed by atoms with Gasteiger partial charge in [-0.2, -0.15) is 8.78 Å². The summed E-state index contributed by atoms with van der Waals surface area (Å²) in [6, 6.07) is 4.71. The van der Waals surface area contributed by atoms with Gasteiger partial charge in [-0.3, -0.25) is 9.59 Å². The zero-order valence-electron chi connectivity index (χ0n) is 27.2. The van der Waals surface area contributed by atoms with E-state index in [1.807, 2.05) is 34.6 Å². The van der Waals surface area contributed by atoms with Gasteiger partial charge in [-0.05, 0) is 69.2 Å². The first-order valence-corrected chi connectivity index (χ1v) is 15.9. The molecule has 0 radical (unpaired) electrons. The van der Waals surface area contributed by atoms with Crippen molar-refractivity contribution in [2.75, 3.05) is 13.7 Å². The molecule has 3 heterocycles. The monoisotopic (exact) mass is 629 g/mol. The topological polar surface area (TPSA) is 107 Å². The molecule has 0 spiro atoms. The number of nitrogens with one attached hydrogen (secondary N) is 1. The largest absolute Gasteiger partial charge is 0.497 e. The van der Waals surface area contributed by atoms with E-state index in [0.717, 1.165) is 0 Å². The summed E-state index contributed by atoms with van der Waals surface area (Å²) in [6.07, 6.45) is 0.566. The van der Waals surface area contributed by atoms with Gasteiger partial charge in [0, 0.05) is 23.6 Å². The maximum absolute atomic E-state index is 16.0. The number of aromatic nitrogens is 1. The minimum absolute atomic E-state index is 0.0220. The molecule has 1 aromatic carbocycles. The number of benzene rings is 1. The highest BCUT2D eigenvalue weighted by molar-refractivity contribution is 5.92. The van der Waals surface area contributed by atoms with Gasteiger partial charge in [0.05, 0.1) is 25.2 Å². The van der Waals surface area contributed by atoms with E-state index in [-0.39, 0.29) is 30.4 Å². The summed E-state index contributed by atoms with van der Waals surface area (Å²) < 4.78 is 49.6. The lowest BCUT2D eigenvalue weighted by Gasteiger charge is -2.35. The van der Waals surface area contributed by atoms with E-state index in [4.69, 9.17) is 14.2 Å². The maximum Gasteiger partial charge on any atom is 0.408 e. The Morgan fingerprint density at radius 1 is 1.20 bits per heavy atom. The van der Waals surface area contributed by atoms with Crippen molar-refractivity contribution in [2.45, 2.75) is 110 Å². The molecule has 1 aliphatic carbocycles. The van der Waals surface area contributed by atoms with Crippen LogP contribution in [-0.2, 0) is 20.2 Å². The highest BCUT2D eigenvalue weighted by atomic mass is 19.3. The summed E-state index contributed by atoms with van der Waals surface area (Å²) in [5.41, 5.74) is -1.52. The second kappa shape index (κ2) is 12.0. The number of halogens is 2. The van der Waals surface area contributed by atoms with E-state index >= 15 is 8.78 Å². The van der Waals surface area contributed by atoms with Crippen LogP contribution in [0.15, 0.2) is 24.3 Å². The third-order valence-corrected chi connectivity index (χ3v) is 9.73. The molecule has 246 valence electrons. The molecule has 2 amide bonds. The predicted molar refractivity (Wildman–Crippen MR) is 164 cm³/mol. The van der Waals surface area contributed by atoms with Crippen molar-refractivity contribution in [1.29, 1.82) is 0 Å². The summed E-state index contributed by atoms with van der Waals surface area (Å²) >= 11 is 0. The summed E-state index contributed by atoms with van der Waals surface area (Å²) in [5, 5.41) is 3.37. The molecule has 2 fully saturated rings. The van der Waals surface area contributed by atoms with Crippen molar-refractivity contribution in [3.8, 4) is 11.5 Å². The smallest absolute Gasteiger partial charge is 0.408 e. The van der Waals surface area contributed by atoms with Crippen LogP contribution < -0.4 is 14.8 Å². The number of Topliss-reactive ketones (excluding diaryl/α,β-unsaturated/α-hetero) is 1. The molecule has 2 aromatic rings. The van der Waals surface area contributed by atoms with Gasteiger partial charge in [-0.25, -0.2) is 9.78 Å². The Kier molecular flexibility index (Phi) is 8.78. The third kappa shape index (κ3) is 6.58. The summed E-state index contributed by atoms with van der Waals surface area (Å²) in [5.74, 6) is -3.97. The van der Waals surface area contributed by atoms with Crippen molar-refractivity contribution in [3.05, 3.63) is 30.0 Å². The van der Waals surface area contributed by atoms with Crippen LogP contribution in [0.5, 0.6) is 11.5 Å². The van der Waals surface area contributed by atoms with E-state index < -0.39 is 65.2 Å². The second-order valence-electron chi connectivity index (χ2n) is 14.2. The van der Waals surface area contributed by atoms with Gasteiger partial charge in [0.25, 0.3) is 5.92 Å². The molecule has 1 saturated carbocycles. The van der Waals surface area contributed by atoms with Crippen LogP contribution in [-0.4, -0.2) is 65.1 Å². The maximum atomic E-state index is 16.0. The molecular weight excluding hydrogens is 584 g/mol. The fraction of sp³-hybridized carbons (Fsp3) is 0.647. The van der Waals surface area contributed by atoms with Crippen molar-refractivity contribution in [2.24, 2.45) is 17.3 Å². The van der Waals surface area contributed by atoms with Crippen LogP contribution in [0.25, 0.3) is 10.9 Å². The molecule has 9 nitrogen and oxygen atoms in total. The van der Waals surface area contributed by atoms with Crippen LogP contribution in [0.4, 0.5) is 13.6 Å². The first-order chi connectivity index (χ1) is 21.1. The van der Waals surface area contributed by atoms with E-state index in [1.54, 1.807) is 24.3 Å². The molecule has 5 rings (SSSR count). The minimum atomic E-state index is -3.30. The molecule has 1 saturated heterocycles. The zero-order chi connectivity index (χ0) is 32.9. The second-order valence-corrected chi connectivity index (χ2v) is 14.2. The van der Waals surface area contributed by atoms with Crippen LogP contribution >= 0.6 is 0 Å². The number of amides is 2.